The van der Waals surface area contributed by atoms with Gasteiger partial charge in [0.2, 0.25) is 0 Å². The van der Waals surface area contributed by atoms with Gasteiger partial charge in [-0.2, -0.15) is 0 Å². The topological polar surface area (TPSA) is 0 Å². The van der Waals surface area contributed by atoms with Crippen LogP contribution in [0.1, 0.15) is 0 Å². The van der Waals surface area contributed by atoms with Crippen molar-refractivity contribution in [1.29, 1.82) is 0 Å². The molecule has 0 aromatic rings. The van der Waals surface area contributed by atoms with E-state index in [1.807, 2.05) is 0 Å². The van der Waals surface area contributed by atoms with Gasteiger partial charge >= 0.3 is 0 Å². The van der Waals surface area contributed by atoms with E-state index in [1.165, 1.54) is 0 Å². The zero-order valence-corrected chi connectivity index (χ0v) is 6.46. The molecule has 0 atom stereocenters. The molecule has 5 heteroatoms. The standard InChI is InChI=1S/2Al.3Li. The molecule has 0 aliphatic heterocycles. The second-order valence-electron chi connectivity index (χ2n) is 0. The van der Waals surface area contributed by atoms with Crippen molar-refractivity contribution >= 4 is 91.3 Å². The van der Waals surface area contributed by atoms with Crippen molar-refractivity contribution < 1.29 is 0 Å². The summed E-state index contributed by atoms with van der Waals surface area (Å²) in [5, 5.41) is 0. The summed E-state index contributed by atoms with van der Waals surface area (Å²) in [5.41, 5.74) is 0. The summed E-state index contributed by atoms with van der Waals surface area (Å²) >= 11 is 0. The molecule has 0 amide bonds. The third-order valence-electron chi connectivity index (χ3n) is 0. The van der Waals surface area contributed by atoms with Gasteiger partial charge in [-0.05, 0) is 0 Å². The minimum atomic E-state index is 0. The van der Waals surface area contributed by atoms with Gasteiger partial charge in [-0.1, -0.05) is 0 Å². The first-order valence-corrected chi connectivity index (χ1v) is 0. The Hall–Kier alpha value is 2.86. The molecular formula is Al2Li3. The molecule has 0 fully saturated rings. The van der Waals surface area contributed by atoms with Crippen LogP contribution in [0.5, 0.6) is 0 Å². The van der Waals surface area contributed by atoms with E-state index < -0.39 is 0 Å². The van der Waals surface area contributed by atoms with Crippen LogP contribution in [0, 0.1) is 0 Å². The van der Waals surface area contributed by atoms with Crippen LogP contribution in [0.2, 0.25) is 0 Å². The van der Waals surface area contributed by atoms with Crippen LogP contribution in [0.15, 0.2) is 0 Å². The van der Waals surface area contributed by atoms with Crippen LogP contribution >= 0.6 is 0 Å². The molecule has 0 spiro atoms. The minimum absolute atomic E-state index is 0. The molecule has 0 saturated carbocycles. The number of hydrogen-bond acceptors (Lipinski definition) is 0. The first kappa shape index (κ1) is 45.3. The molecule has 0 unspecified atom stereocenters. The summed E-state index contributed by atoms with van der Waals surface area (Å²) < 4.78 is 0. The van der Waals surface area contributed by atoms with Gasteiger partial charge in [-0.15, -0.1) is 0 Å². The summed E-state index contributed by atoms with van der Waals surface area (Å²) in [6.45, 7) is 0. The predicted octanol–water partition coefficient (Wildman–Crippen LogP) is -1.90. The van der Waals surface area contributed by atoms with E-state index >= 15 is 0 Å². The van der Waals surface area contributed by atoms with Crippen molar-refractivity contribution in [2.45, 2.75) is 0 Å². The summed E-state index contributed by atoms with van der Waals surface area (Å²) in [6, 6.07) is 0. The van der Waals surface area contributed by atoms with Crippen molar-refractivity contribution in [2.24, 2.45) is 0 Å². The Morgan fingerprint density at radius 2 is 0.400 bits per heavy atom. The summed E-state index contributed by atoms with van der Waals surface area (Å²) in [6.07, 6.45) is 0. The average Bonchev–Trinajstić information content (AvgIpc) is 0. The third-order valence-corrected chi connectivity index (χ3v) is 0. The van der Waals surface area contributed by atoms with E-state index in [-0.39, 0.29) is 91.3 Å². The monoisotopic (exact) mass is 75.0 g/mol. The van der Waals surface area contributed by atoms with Crippen LogP contribution in [-0.4, -0.2) is 91.3 Å². The Morgan fingerprint density at radius 1 is 0.400 bits per heavy atom. The average molecular weight is 74.8 g/mol. The molecule has 0 N–H and O–H groups in total. The Labute approximate surface area is 90.0 Å². The second kappa shape index (κ2) is 28.8. The molecule has 0 nitrogen and oxygen atoms in total. The first-order chi connectivity index (χ1) is 0. The van der Waals surface area contributed by atoms with E-state index in [1.54, 1.807) is 0 Å². The Bertz CT molecular complexity index is 4.85. The zero-order chi connectivity index (χ0) is 0. The Morgan fingerprint density at radius 3 is 0.400 bits per heavy atom. The van der Waals surface area contributed by atoms with Gasteiger partial charge in [0.05, 0.1) is 0 Å². The number of rotatable bonds is 0. The summed E-state index contributed by atoms with van der Waals surface area (Å²) in [5.74, 6) is 0. The van der Waals surface area contributed by atoms with E-state index in [4.69, 9.17) is 0 Å². The number of hydrogen-bond donors (Lipinski definition) is 0. The van der Waals surface area contributed by atoms with E-state index in [2.05, 4.69) is 0 Å². The van der Waals surface area contributed by atoms with Crippen LogP contribution < -0.4 is 0 Å². The Balaban J connectivity index is 0. The normalized spacial score (nSPS) is 0. The van der Waals surface area contributed by atoms with Gasteiger partial charge in [0, 0.05) is 91.3 Å². The maximum absolute atomic E-state index is 0. The van der Waals surface area contributed by atoms with E-state index in [0.717, 1.165) is 0 Å². The van der Waals surface area contributed by atoms with Crippen LogP contribution in [-0.2, 0) is 0 Å². The van der Waals surface area contributed by atoms with Crippen LogP contribution in [0.4, 0.5) is 0 Å². The van der Waals surface area contributed by atoms with Crippen LogP contribution in [0.3, 0.4) is 0 Å². The zero-order valence-electron chi connectivity index (χ0n) is 4.15. The molecule has 5 heavy (non-hydrogen) atoms. The fourth-order valence-corrected chi connectivity index (χ4v) is 0. The third kappa shape index (κ3) is 19.8. The molecule has 0 rings (SSSR count). The molecule has 9 valence electrons. The SMILES string of the molecule is [Al].[Al].[Li].[Li].[Li]. The van der Waals surface area contributed by atoms with Crippen molar-refractivity contribution in [3.63, 3.8) is 0 Å². The molecule has 0 heterocycles. The van der Waals surface area contributed by atoms with Gasteiger partial charge in [0.25, 0.3) is 0 Å². The van der Waals surface area contributed by atoms with Crippen molar-refractivity contribution in [1.82, 2.24) is 0 Å². The van der Waals surface area contributed by atoms with Gasteiger partial charge in [0.1, 0.15) is 0 Å². The fourth-order valence-electron chi connectivity index (χ4n) is 0. The minimum Gasteiger partial charge on any atom is 0 e. The smallest absolute Gasteiger partial charge is 0 e. The molecule has 0 aliphatic carbocycles. The maximum atomic E-state index is 0. The summed E-state index contributed by atoms with van der Waals surface area (Å²) in [7, 11) is 0. The van der Waals surface area contributed by atoms with Crippen molar-refractivity contribution in [2.75, 3.05) is 0 Å². The molecule has 0 aliphatic rings. The second-order valence-corrected chi connectivity index (χ2v) is 0. The Kier molecular flexibility index (Phi) is 261. The quantitative estimate of drug-likeness (QED) is 0.295. The van der Waals surface area contributed by atoms with Gasteiger partial charge in [-0.25, -0.2) is 0 Å². The molecule has 0 aromatic carbocycles. The van der Waals surface area contributed by atoms with Crippen molar-refractivity contribution in [3.05, 3.63) is 0 Å². The molecule has 0 aromatic heterocycles. The molecule has 0 bridgehead atoms. The van der Waals surface area contributed by atoms with E-state index in [9.17, 15) is 0 Å². The maximum Gasteiger partial charge on any atom is 0 e. The van der Waals surface area contributed by atoms with Gasteiger partial charge in [-0.3, -0.25) is 0 Å². The molecule has 0 saturated heterocycles. The molecule has 9 radical (unpaired) electrons. The fraction of sp³-hybridized carbons (Fsp3) is 0. The van der Waals surface area contributed by atoms with Gasteiger partial charge in [0.15, 0.2) is 0 Å². The predicted molar refractivity (Wildman–Crippen MR) is 28.8 cm³/mol. The van der Waals surface area contributed by atoms with E-state index in [0.29, 0.717) is 0 Å². The van der Waals surface area contributed by atoms with Gasteiger partial charge < -0.3 is 0 Å². The first-order valence-electron chi connectivity index (χ1n) is 0. The van der Waals surface area contributed by atoms with Crippen LogP contribution in [0.25, 0.3) is 0 Å². The van der Waals surface area contributed by atoms with Crippen molar-refractivity contribution in [3.8, 4) is 0 Å². The largest absolute Gasteiger partial charge is 0 e. The molecular weight excluding hydrogens is 74.8 g/mol. The summed E-state index contributed by atoms with van der Waals surface area (Å²) in [4.78, 5) is 0.